The smallest absolute Gasteiger partial charge is 0.135 e. The van der Waals surface area contributed by atoms with Crippen LogP contribution in [0.3, 0.4) is 0 Å². The Bertz CT molecular complexity index is 2260. The first kappa shape index (κ1) is 16.0. The molecule has 0 fully saturated rings. The van der Waals surface area contributed by atoms with Crippen molar-refractivity contribution in [3.05, 3.63) is 133 Å². The topological polar surface area (TPSA) is 9.23 Å². The summed E-state index contributed by atoms with van der Waals surface area (Å²) in [5, 5.41) is 6.43. The summed E-state index contributed by atoms with van der Waals surface area (Å²) < 4.78 is 48.0. The van der Waals surface area contributed by atoms with Crippen LogP contribution in [-0.2, 0) is 0 Å². The molecule has 8 rings (SSSR count). The molecule has 7 aromatic rings. The third kappa shape index (κ3) is 3.04. The third-order valence-corrected chi connectivity index (χ3v) is 7.34. The highest BCUT2D eigenvalue weighted by molar-refractivity contribution is 6.14. The Morgan fingerprint density at radius 1 is 0.459 bits per heavy atom. The van der Waals surface area contributed by atoms with E-state index in [2.05, 4.69) is 72.8 Å². The van der Waals surface area contributed by atoms with E-state index in [4.69, 9.17) is 11.6 Å². The van der Waals surface area contributed by atoms with Crippen molar-refractivity contribution in [1.29, 1.82) is 0 Å². The molecule has 0 spiro atoms. The lowest BCUT2D eigenvalue weighted by Gasteiger charge is -2.23. The van der Waals surface area contributed by atoms with Crippen LogP contribution in [0.5, 0.6) is 11.5 Å². The van der Waals surface area contributed by atoms with Gasteiger partial charge in [0.2, 0.25) is 0 Å². The Labute approximate surface area is 222 Å². The van der Waals surface area contributed by atoms with Gasteiger partial charge in [0.1, 0.15) is 11.5 Å². The van der Waals surface area contributed by atoms with Crippen LogP contribution in [0, 0.1) is 0 Å². The molecule has 0 atom stereocenters. The molecule has 0 unspecified atom stereocenters. The Kier molecular flexibility index (Phi) is 3.37. The predicted molar refractivity (Wildman–Crippen MR) is 155 cm³/mol. The molecule has 172 valence electrons. The molecule has 0 aromatic heterocycles. The Morgan fingerprint density at radius 3 is 2.08 bits per heavy atom. The maximum Gasteiger partial charge on any atom is 0.135 e. The molecule has 37 heavy (non-hydrogen) atoms. The molecule has 1 aliphatic rings. The first-order valence-corrected chi connectivity index (χ1v) is 12.3. The van der Waals surface area contributed by atoms with Crippen molar-refractivity contribution < 1.29 is 11.6 Å². The summed E-state index contributed by atoms with van der Waals surface area (Å²) in [4.78, 5) is 0. The molecular formula is C36H22O. The van der Waals surface area contributed by atoms with Crippen LogP contribution in [0.4, 0.5) is 0 Å². The molecule has 7 aromatic carbocycles. The molecule has 0 saturated carbocycles. The highest BCUT2D eigenvalue weighted by atomic mass is 16.5. The second-order valence-electron chi connectivity index (χ2n) is 9.34. The lowest BCUT2D eigenvalue weighted by atomic mass is 9.88. The van der Waals surface area contributed by atoms with E-state index in [0.717, 1.165) is 38.8 Å². The molecular weight excluding hydrogens is 448 g/mol. The van der Waals surface area contributed by atoms with E-state index in [0.29, 0.717) is 11.3 Å². The largest absolute Gasteiger partial charge is 0.456 e. The van der Waals surface area contributed by atoms with E-state index in [1.165, 1.54) is 21.5 Å². The van der Waals surface area contributed by atoms with Gasteiger partial charge < -0.3 is 4.74 Å². The van der Waals surface area contributed by atoms with Gasteiger partial charge >= 0.3 is 0 Å². The van der Waals surface area contributed by atoms with Gasteiger partial charge in [-0.1, -0.05) is 109 Å². The maximum atomic E-state index is 8.54. The molecule has 1 aliphatic heterocycles. The van der Waals surface area contributed by atoms with E-state index in [-0.39, 0.29) is 29.7 Å². The molecule has 0 amide bonds. The number of ether oxygens (including phenoxy) is 1. The quantitative estimate of drug-likeness (QED) is 0.226. The van der Waals surface area contributed by atoms with E-state index in [1.807, 2.05) is 30.3 Å². The van der Waals surface area contributed by atoms with Crippen molar-refractivity contribution in [3.63, 3.8) is 0 Å². The normalized spacial score (nSPS) is 13.9. The average Bonchev–Trinajstić information content (AvgIpc) is 3.03. The van der Waals surface area contributed by atoms with Gasteiger partial charge in [-0.05, 0) is 79.0 Å². The molecule has 1 heteroatoms. The highest BCUT2D eigenvalue weighted by Crippen LogP contribution is 2.50. The van der Waals surface area contributed by atoms with Crippen LogP contribution < -0.4 is 4.74 Å². The summed E-state index contributed by atoms with van der Waals surface area (Å²) in [6, 6.07) is 33.5. The molecule has 0 bridgehead atoms. The summed E-state index contributed by atoms with van der Waals surface area (Å²) in [5.74, 6) is 1.42. The van der Waals surface area contributed by atoms with Crippen molar-refractivity contribution in [1.82, 2.24) is 0 Å². The molecule has 0 N–H and O–H groups in total. The number of benzene rings is 7. The van der Waals surface area contributed by atoms with E-state index >= 15 is 0 Å². The van der Waals surface area contributed by atoms with Crippen LogP contribution in [0.25, 0.3) is 65.7 Å². The fourth-order valence-electron chi connectivity index (χ4n) is 5.69. The fraction of sp³-hybridized carbons (Fsp3) is 0. The van der Waals surface area contributed by atoms with Crippen molar-refractivity contribution in [2.75, 3.05) is 0 Å². The summed E-state index contributed by atoms with van der Waals surface area (Å²) in [6.45, 7) is 0. The van der Waals surface area contributed by atoms with Gasteiger partial charge in [-0.15, -0.1) is 0 Å². The van der Waals surface area contributed by atoms with Crippen molar-refractivity contribution >= 4 is 32.3 Å². The maximum absolute atomic E-state index is 8.54. The summed E-state index contributed by atoms with van der Waals surface area (Å²) >= 11 is 0. The third-order valence-electron chi connectivity index (χ3n) is 7.34. The molecule has 1 heterocycles. The monoisotopic (exact) mass is 475 g/mol. The molecule has 0 aliphatic carbocycles. The number of fused-ring (bicyclic) bond motifs is 5. The second-order valence-corrected chi connectivity index (χ2v) is 9.34. The van der Waals surface area contributed by atoms with Crippen LogP contribution >= 0.6 is 0 Å². The Morgan fingerprint density at radius 2 is 1.19 bits per heavy atom. The van der Waals surface area contributed by atoms with Crippen LogP contribution in [0.2, 0.25) is 0 Å². The SMILES string of the molecule is [2H]c1c([2H])c([2H])c(-c2ccc3c4c(cccc24)Oc2cc(-c4cc5ccccc5c5ccccc45)ccc2-3)c([2H])c1[2H]. The zero-order valence-electron chi connectivity index (χ0n) is 24.7. The first-order valence-electron chi connectivity index (χ1n) is 14.8. The van der Waals surface area contributed by atoms with Crippen LogP contribution in [-0.4, -0.2) is 0 Å². The Hall–Kier alpha value is -4.88. The minimum absolute atomic E-state index is 0.189. The van der Waals surface area contributed by atoms with Crippen molar-refractivity contribution in [2.24, 2.45) is 0 Å². The lowest BCUT2D eigenvalue weighted by Crippen LogP contribution is -1.98. The predicted octanol–water partition coefficient (Wildman–Crippen LogP) is 10.3. The minimum Gasteiger partial charge on any atom is -0.456 e. The zero-order chi connectivity index (χ0) is 28.7. The van der Waals surface area contributed by atoms with Gasteiger partial charge in [-0.3, -0.25) is 0 Å². The molecule has 0 radical (unpaired) electrons. The number of hydrogen-bond acceptors (Lipinski definition) is 1. The van der Waals surface area contributed by atoms with Gasteiger partial charge in [0.25, 0.3) is 0 Å². The van der Waals surface area contributed by atoms with Crippen LogP contribution in [0.15, 0.2) is 133 Å². The zero-order valence-corrected chi connectivity index (χ0v) is 19.7. The molecule has 1 nitrogen and oxygen atoms in total. The van der Waals surface area contributed by atoms with Gasteiger partial charge in [0, 0.05) is 10.9 Å². The van der Waals surface area contributed by atoms with Gasteiger partial charge in [-0.2, -0.15) is 0 Å². The lowest BCUT2D eigenvalue weighted by molar-refractivity contribution is 0.487. The van der Waals surface area contributed by atoms with Gasteiger partial charge in [-0.25, -0.2) is 0 Å². The number of hydrogen-bond donors (Lipinski definition) is 0. The Balaban J connectivity index is 1.33. The summed E-state index contributed by atoms with van der Waals surface area (Å²) in [6.07, 6.45) is 0. The highest BCUT2D eigenvalue weighted by Gasteiger charge is 2.22. The van der Waals surface area contributed by atoms with Crippen molar-refractivity contribution in [3.8, 4) is 44.9 Å². The standard InChI is InChI=1S/C36H22O/c1-2-9-23(10-3-1)27-19-20-32-30-18-17-25(22-35(30)37-34-16-8-15-31(27)36(32)34)33-21-24-11-4-5-12-26(24)28-13-6-7-14-29(28)33/h1-22H/i1D,2D,3D,9D,10D. The first-order chi connectivity index (χ1) is 20.4. The number of rotatable bonds is 2. The van der Waals surface area contributed by atoms with E-state index in [9.17, 15) is 0 Å². The second kappa shape index (κ2) is 7.81. The fourth-order valence-corrected chi connectivity index (χ4v) is 5.69. The minimum atomic E-state index is -0.399. The average molecular weight is 476 g/mol. The van der Waals surface area contributed by atoms with E-state index < -0.39 is 6.04 Å². The summed E-state index contributed by atoms with van der Waals surface area (Å²) in [7, 11) is 0. The van der Waals surface area contributed by atoms with Gasteiger partial charge in [0.15, 0.2) is 0 Å². The molecule has 0 saturated heterocycles. The van der Waals surface area contributed by atoms with Crippen LogP contribution in [0.1, 0.15) is 6.85 Å². The van der Waals surface area contributed by atoms with Crippen molar-refractivity contribution in [2.45, 2.75) is 0 Å². The van der Waals surface area contributed by atoms with Gasteiger partial charge in [0.05, 0.1) is 6.85 Å². The summed E-state index contributed by atoms with van der Waals surface area (Å²) in [5.41, 5.74) is 4.89. The van der Waals surface area contributed by atoms with E-state index in [1.54, 1.807) is 0 Å².